The summed E-state index contributed by atoms with van der Waals surface area (Å²) in [6, 6.07) is 0. The molecule has 0 amide bonds. The van der Waals surface area contributed by atoms with Crippen LogP contribution in [0.25, 0.3) is 0 Å². The normalized spacial score (nSPS) is 20.6. The molecule has 0 aromatic heterocycles. The van der Waals surface area contributed by atoms with E-state index in [9.17, 15) is 0 Å². The summed E-state index contributed by atoms with van der Waals surface area (Å²) in [4.78, 5) is 0. The standard InChI is InChI=1S/C19H41BO3Si/c1-15(2)24(16(3)4,17(5)6)21-14-12-11-13-20-22-18(7,8)19(9,10)23-20/h15-17H,11-14H2,1-10H3. The zero-order valence-electron chi connectivity index (χ0n) is 17.9. The fourth-order valence-electron chi connectivity index (χ4n) is 4.24. The highest BCUT2D eigenvalue weighted by Gasteiger charge is 2.50. The van der Waals surface area contributed by atoms with Crippen LogP contribution in [0.2, 0.25) is 22.9 Å². The van der Waals surface area contributed by atoms with Gasteiger partial charge in [0.1, 0.15) is 0 Å². The summed E-state index contributed by atoms with van der Waals surface area (Å²) >= 11 is 0. The zero-order valence-corrected chi connectivity index (χ0v) is 18.9. The Morgan fingerprint density at radius 1 is 0.792 bits per heavy atom. The second-order valence-corrected chi connectivity index (χ2v) is 14.8. The van der Waals surface area contributed by atoms with Gasteiger partial charge in [0.2, 0.25) is 0 Å². The fourth-order valence-corrected chi connectivity index (χ4v) is 9.74. The van der Waals surface area contributed by atoms with Crippen LogP contribution in [0.3, 0.4) is 0 Å². The highest BCUT2D eigenvalue weighted by Crippen LogP contribution is 2.42. The van der Waals surface area contributed by atoms with Crippen LogP contribution < -0.4 is 0 Å². The van der Waals surface area contributed by atoms with Gasteiger partial charge in [-0.2, -0.15) is 0 Å². The first-order valence-corrected chi connectivity index (χ1v) is 12.0. The monoisotopic (exact) mass is 356 g/mol. The Hall–Kier alpha value is 0.162. The van der Waals surface area contributed by atoms with E-state index in [1.165, 1.54) is 0 Å². The molecule has 1 aliphatic rings. The predicted octanol–water partition coefficient (Wildman–Crippen LogP) is 6.05. The van der Waals surface area contributed by atoms with Gasteiger partial charge in [-0.25, -0.2) is 0 Å². The lowest BCUT2D eigenvalue weighted by Gasteiger charge is -2.42. The van der Waals surface area contributed by atoms with Gasteiger partial charge in [0.15, 0.2) is 8.32 Å². The van der Waals surface area contributed by atoms with Crippen LogP contribution >= 0.6 is 0 Å². The Kier molecular flexibility index (Phi) is 7.62. The van der Waals surface area contributed by atoms with Crippen molar-refractivity contribution in [2.45, 2.75) is 116 Å². The van der Waals surface area contributed by atoms with Gasteiger partial charge in [-0.1, -0.05) is 48.0 Å². The lowest BCUT2D eigenvalue weighted by molar-refractivity contribution is 0.00578. The van der Waals surface area contributed by atoms with Crippen LogP contribution in [0, 0.1) is 0 Å². The van der Waals surface area contributed by atoms with E-state index in [-0.39, 0.29) is 18.3 Å². The number of hydrogen-bond acceptors (Lipinski definition) is 3. The predicted molar refractivity (Wildman–Crippen MR) is 107 cm³/mol. The van der Waals surface area contributed by atoms with E-state index in [1.54, 1.807) is 0 Å². The van der Waals surface area contributed by atoms with Crippen LogP contribution in [0.4, 0.5) is 0 Å². The summed E-state index contributed by atoms with van der Waals surface area (Å²) in [7, 11) is -1.79. The van der Waals surface area contributed by atoms with E-state index in [0.29, 0.717) is 16.6 Å². The van der Waals surface area contributed by atoms with Gasteiger partial charge < -0.3 is 13.7 Å². The minimum atomic E-state index is -1.72. The Morgan fingerprint density at radius 3 is 1.58 bits per heavy atom. The first-order valence-electron chi connectivity index (χ1n) is 9.86. The summed E-state index contributed by atoms with van der Waals surface area (Å²) in [5.74, 6) is 0. The third-order valence-electron chi connectivity index (χ3n) is 6.20. The highest BCUT2D eigenvalue weighted by atomic mass is 28.4. The molecule has 0 saturated carbocycles. The Labute approximate surface area is 152 Å². The van der Waals surface area contributed by atoms with Gasteiger partial charge in [-0.15, -0.1) is 0 Å². The lowest BCUT2D eigenvalue weighted by Crippen LogP contribution is -2.47. The highest BCUT2D eigenvalue weighted by molar-refractivity contribution is 6.77. The molecule has 3 nitrogen and oxygen atoms in total. The van der Waals surface area contributed by atoms with Crippen LogP contribution in [0.1, 0.15) is 82.1 Å². The van der Waals surface area contributed by atoms with E-state index < -0.39 is 8.32 Å². The van der Waals surface area contributed by atoms with E-state index in [2.05, 4.69) is 69.2 Å². The smallest absolute Gasteiger partial charge is 0.416 e. The van der Waals surface area contributed by atoms with Crippen LogP contribution in [0.5, 0.6) is 0 Å². The maximum Gasteiger partial charge on any atom is 0.457 e. The Morgan fingerprint density at radius 2 is 1.21 bits per heavy atom. The number of rotatable bonds is 9. The van der Waals surface area contributed by atoms with Gasteiger partial charge in [0.05, 0.1) is 11.2 Å². The molecular formula is C19H41BO3Si. The minimum absolute atomic E-state index is 0.0719. The molecule has 1 fully saturated rings. The van der Waals surface area contributed by atoms with E-state index in [4.69, 9.17) is 13.7 Å². The van der Waals surface area contributed by atoms with Crippen molar-refractivity contribution >= 4 is 15.4 Å². The largest absolute Gasteiger partial charge is 0.457 e. The van der Waals surface area contributed by atoms with Crippen LogP contribution in [0.15, 0.2) is 0 Å². The van der Waals surface area contributed by atoms with Gasteiger partial charge in [0, 0.05) is 6.61 Å². The van der Waals surface area contributed by atoms with Crippen molar-refractivity contribution in [2.75, 3.05) is 6.61 Å². The lowest BCUT2D eigenvalue weighted by atomic mass is 9.82. The summed E-state index contributed by atoms with van der Waals surface area (Å²) < 4.78 is 18.8. The van der Waals surface area contributed by atoms with E-state index >= 15 is 0 Å². The molecule has 1 saturated heterocycles. The molecule has 24 heavy (non-hydrogen) atoms. The van der Waals surface area contributed by atoms with Crippen molar-refractivity contribution in [3.8, 4) is 0 Å². The van der Waals surface area contributed by atoms with Crippen molar-refractivity contribution in [2.24, 2.45) is 0 Å². The molecule has 142 valence electrons. The molecule has 5 heteroatoms. The van der Waals surface area contributed by atoms with Gasteiger partial charge in [0.25, 0.3) is 0 Å². The van der Waals surface area contributed by atoms with Crippen molar-refractivity contribution in [3.63, 3.8) is 0 Å². The van der Waals surface area contributed by atoms with E-state index in [1.807, 2.05) is 0 Å². The Bertz CT molecular complexity index is 356. The molecule has 0 N–H and O–H groups in total. The maximum atomic E-state index is 6.62. The third-order valence-corrected chi connectivity index (χ3v) is 12.3. The zero-order chi connectivity index (χ0) is 18.8. The molecule has 1 rings (SSSR count). The van der Waals surface area contributed by atoms with Gasteiger partial charge >= 0.3 is 7.12 Å². The first kappa shape index (κ1) is 22.2. The molecule has 0 aliphatic carbocycles. The number of hydrogen-bond donors (Lipinski definition) is 0. The van der Waals surface area contributed by atoms with Crippen molar-refractivity contribution in [3.05, 3.63) is 0 Å². The third kappa shape index (κ3) is 4.66. The molecule has 1 heterocycles. The average molecular weight is 356 g/mol. The molecule has 0 aromatic carbocycles. The van der Waals surface area contributed by atoms with Crippen LogP contribution in [-0.4, -0.2) is 33.2 Å². The first-order chi connectivity index (χ1) is 10.9. The summed E-state index contributed by atoms with van der Waals surface area (Å²) in [6.45, 7) is 23.4. The second-order valence-electron chi connectivity index (χ2n) is 9.35. The number of unbranched alkanes of at least 4 members (excludes halogenated alkanes) is 1. The van der Waals surface area contributed by atoms with Crippen molar-refractivity contribution in [1.29, 1.82) is 0 Å². The van der Waals surface area contributed by atoms with Gasteiger partial charge in [-0.3, -0.25) is 0 Å². The molecule has 0 aromatic rings. The van der Waals surface area contributed by atoms with Gasteiger partial charge in [-0.05, 0) is 57.1 Å². The second kappa shape index (κ2) is 8.24. The van der Waals surface area contributed by atoms with Crippen LogP contribution in [-0.2, 0) is 13.7 Å². The van der Waals surface area contributed by atoms with Crippen molar-refractivity contribution < 1.29 is 13.7 Å². The quantitative estimate of drug-likeness (QED) is 0.372. The van der Waals surface area contributed by atoms with Crippen molar-refractivity contribution in [1.82, 2.24) is 0 Å². The average Bonchev–Trinajstić information content (AvgIpc) is 2.60. The summed E-state index contributed by atoms with van der Waals surface area (Å²) in [5, 5.41) is 0. The minimum Gasteiger partial charge on any atom is -0.416 e. The summed E-state index contributed by atoms with van der Waals surface area (Å²) in [6.07, 6.45) is 3.14. The summed E-state index contributed by atoms with van der Waals surface area (Å²) in [5.41, 5.74) is 1.52. The SMILES string of the molecule is CC(C)[Si](OCCCCB1OC(C)(C)C(C)(C)O1)(C(C)C)C(C)C. The topological polar surface area (TPSA) is 27.7 Å². The molecule has 1 aliphatic heterocycles. The molecule has 0 bridgehead atoms. The maximum absolute atomic E-state index is 6.62. The molecule has 0 unspecified atom stereocenters. The molecule has 0 radical (unpaired) electrons. The molecular weight excluding hydrogens is 315 g/mol. The van der Waals surface area contributed by atoms with E-state index in [0.717, 1.165) is 25.8 Å². The fraction of sp³-hybridized carbons (Fsp3) is 1.00. The molecule has 0 atom stereocenters. The Balaban J connectivity index is 2.43. The molecule has 0 spiro atoms.